The summed E-state index contributed by atoms with van der Waals surface area (Å²) >= 11 is 0. The van der Waals surface area contributed by atoms with Crippen molar-refractivity contribution in [2.45, 2.75) is 23.6 Å². The molecule has 2 aromatic carbocycles. The molecule has 0 radical (unpaired) electrons. The fraction of sp³-hybridized carbons (Fsp3) is 0.235. The number of nitro benzene ring substituents is 1. The lowest BCUT2D eigenvalue weighted by atomic mass is 10.2. The molecule has 26 heavy (non-hydrogen) atoms. The number of rotatable bonds is 7. The van der Waals surface area contributed by atoms with Crippen LogP contribution in [0, 0.1) is 10.1 Å². The molecule has 9 heteroatoms. The number of nitro groups is 1. The molecule has 0 aromatic heterocycles. The molecule has 1 N–H and O–H groups in total. The number of hydrogen-bond acceptors (Lipinski definition) is 6. The maximum absolute atomic E-state index is 12.5. The van der Waals surface area contributed by atoms with Crippen molar-refractivity contribution in [1.29, 1.82) is 0 Å². The number of sulfone groups is 1. The minimum atomic E-state index is -3.97. The summed E-state index contributed by atoms with van der Waals surface area (Å²) in [6.45, 7) is 1.39. The first-order valence-electron chi connectivity index (χ1n) is 7.65. The highest BCUT2D eigenvalue weighted by Gasteiger charge is 2.30. The largest absolute Gasteiger partial charge is 0.496 e. The fourth-order valence-electron chi connectivity index (χ4n) is 2.28. The van der Waals surface area contributed by atoms with Gasteiger partial charge < -0.3 is 10.1 Å². The van der Waals surface area contributed by atoms with E-state index in [0.717, 1.165) is 24.3 Å². The SMILES string of the molecule is COc1ccccc1CNC(=O)[C@H](C)S(=O)(=O)c1ccc([N+](=O)[O-])cc1. The van der Waals surface area contributed by atoms with Gasteiger partial charge in [0.05, 0.1) is 16.9 Å². The van der Waals surface area contributed by atoms with Crippen molar-refractivity contribution in [3.05, 3.63) is 64.2 Å². The number of ether oxygens (including phenoxy) is 1. The molecule has 0 heterocycles. The van der Waals surface area contributed by atoms with E-state index in [1.165, 1.54) is 14.0 Å². The molecule has 0 saturated carbocycles. The summed E-state index contributed by atoms with van der Waals surface area (Å²) in [6.07, 6.45) is 0. The van der Waals surface area contributed by atoms with Crippen molar-refractivity contribution < 1.29 is 22.9 Å². The molecule has 2 rings (SSSR count). The van der Waals surface area contributed by atoms with Gasteiger partial charge in [0.25, 0.3) is 5.69 Å². The fourth-order valence-corrected chi connectivity index (χ4v) is 3.57. The highest BCUT2D eigenvalue weighted by atomic mass is 32.2. The van der Waals surface area contributed by atoms with E-state index < -0.39 is 25.9 Å². The predicted molar refractivity (Wildman–Crippen MR) is 94.6 cm³/mol. The van der Waals surface area contributed by atoms with Crippen molar-refractivity contribution in [1.82, 2.24) is 5.32 Å². The standard InChI is InChI=1S/C17H18N2O6S/c1-12(17(20)18-11-13-5-3-4-6-16(13)25-2)26(23,24)15-9-7-14(8-10-15)19(21)22/h3-10,12H,11H2,1-2H3,(H,18,20)/t12-/m0/s1. The summed E-state index contributed by atoms with van der Waals surface area (Å²) < 4.78 is 30.2. The summed E-state index contributed by atoms with van der Waals surface area (Å²) in [6, 6.07) is 11.5. The topological polar surface area (TPSA) is 116 Å². The van der Waals surface area contributed by atoms with E-state index >= 15 is 0 Å². The van der Waals surface area contributed by atoms with E-state index in [2.05, 4.69) is 5.32 Å². The Bertz CT molecular complexity index is 909. The Labute approximate surface area is 150 Å². The van der Waals surface area contributed by atoms with E-state index in [-0.39, 0.29) is 17.1 Å². The number of benzene rings is 2. The molecule has 1 amide bonds. The zero-order valence-corrected chi connectivity index (χ0v) is 15.0. The van der Waals surface area contributed by atoms with E-state index in [1.54, 1.807) is 24.3 Å². The van der Waals surface area contributed by atoms with Crippen molar-refractivity contribution in [2.75, 3.05) is 7.11 Å². The van der Waals surface area contributed by atoms with Crippen LogP contribution < -0.4 is 10.1 Å². The van der Waals surface area contributed by atoms with Gasteiger partial charge in [-0.25, -0.2) is 8.42 Å². The van der Waals surface area contributed by atoms with Crippen LogP contribution in [0.1, 0.15) is 12.5 Å². The highest BCUT2D eigenvalue weighted by molar-refractivity contribution is 7.92. The molecule has 0 fully saturated rings. The number of nitrogens with one attached hydrogen (secondary N) is 1. The van der Waals surface area contributed by atoms with Crippen LogP contribution in [0.5, 0.6) is 5.75 Å². The third-order valence-corrected chi connectivity index (χ3v) is 5.93. The molecule has 0 aliphatic carbocycles. The molecule has 0 bridgehead atoms. The normalized spacial score (nSPS) is 12.2. The van der Waals surface area contributed by atoms with Crippen LogP contribution in [0.15, 0.2) is 53.4 Å². The molecule has 1 atom stereocenters. The molecule has 138 valence electrons. The first kappa shape index (κ1) is 19.4. The van der Waals surface area contributed by atoms with Crippen molar-refractivity contribution in [3.63, 3.8) is 0 Å². The number of para-hydroxylation sites is 1. The number of methoxy groups -OCH3 is 1. The lowest BCUT2D eigenvalue weighted by molar-refractivity contribution is -0.384. The summed E-state index contributed by atoms with van der Waals surface area (Å²) in [5.41, 5.74) is 0.487. The summed E-state index contributed by atoms with van der Waals surface area (Å²) in [5, 5.41) is 11.9. The van der Waals surface area contributed by atoms with Crippen LogP contribution in [0.2, 0.25) is 0 Å². The quantitative estimate of drug-likeness (QED) is 0.582. The average molecular weight is 378 g/mol. The molecular formula is C17H18N2O6S. The first-order valence-corrected chi connectivity index (χ1v) is 9.20. The first-order chi connectivity index (χ1) is 12.3. The molecule has 0 aliphatic heterocycles. The monoisotopic (exact) mass is 378 g/mol. The minimum absolute atomic E-state index is 0.114. The van der Waals surface area contributed by atoms with Gasteiger partial charge in [-0.2, -0.15) is 0 Å². The molecule has 0 saturated heterocycles. The van der Waals surface area contributed by atoms with Gasteiger partial charge in [0.15, 0.2) is 9.84 Å². The second-order valence-electron chi connectivity index (χ2n) is 5.47. The van der Waals surface area contributed by atoms with E-state index in [0.29, 0.717) is 11.3 Å². The van der Waals surface area contributed by atoms with Crippen LogP contribution in [0.3, 0.4) is 0 Å². The number of nitrogens with zero attached hydrogens (tertiary/aromatic N) is 1. The molecule has 2 aromatic rings. The third kappa shape index (κ3) is 4.17. The Morgan fingerprint density at radius 1 is 1.19 bits per heavy atom. The van der Waals surface area contributed by atoms with E-state index in [4.69, 9.17) is 4.74 Å². The van der Waals surface area contributed by atoms with Gasteiger partial charge in [-0.15, -0.1) is 0 Å². The minimum Gasteiger partial charge on any atom is -0.496 e. The predicted octanol–water partition coefficient (Wildman–Crippen LogP) is 2.08. The van der Waals surface area contributed by atoms with Crippen LogP contribution in [-0.2, 0) is 21.2 Å². The summed E-state index contributed by atoms with van der Waals surface area (Å²) in [4.78, 5) is 22.2. The van der Waals surface area contributed by atoms with Crippen molar-refractivity contribution >= 4 is 21.4 Å². The molecule has 0 unspecified atom stereocenters. The van der Waals surface area contributed by atoms with Gasteiger partial charge >= 0.3 is 0 Å². The van der Waals surface area contributed by atoms with Gasteiger partial charge in [-0.05, 0) is 25.1 Å². The third-order valence-electron chi connectivity index (χ3n) is 3.86. The van der Waals surface area contributed by atoms with E-state index in [9.17, 15) is 23.3 Å². The maximum Gasteiger partial charge on any atom is 0.269 e. The Hall–Kier alpha value is -2.94. The van der Waals surface area contributed by atoms with Gasteiger partial charge in [0.1, 0.15) is 11.0 Å². The van der Waals surface area contributed by atoms with Gasteiger partial charge in [-0.1, -0.05) is 18.2 Å². The zero-order chi connectivity index (χ0) is 19.3. The Balaban J connectivity index is 2.12. The molecular weight excluding hydrogens is 360 g/mol. The van der Waals surface area contributed by atoms with Crippen molar-refractivity contribution in [3.8, 4) is 5.75 Å². The van der Waals surface area contributed by atoms with Gasteiger partial charge in [-0.3, -0.25) is 14.9 Å². The second kappa shape index (κ2) is 7.96. The maximum atomic E-state index is 12.5. The van der Waals surface area contributed by atoms with Gasteiger partial charge in [0.2, 0.25) is 5.91 Å². The second-order valence-corrected chi connectivity index (χ2v) is 7.74. The number of carbonyl (C=O) groups is 1. The Morgan fingerprint density at radius 3 is 2.38 bits per heavy atom. The average Bonchev–Trinajstić information content (AvgIpc) is 2.65. The van der Waals surface area contributed by atoms with Gasteiger partial charge in [0, 0.05) is 24.2 Å². The number of amides is 1. The number of non-ortho nitro benzene ring substituents is 1. The van der Waals surface area contributed by atoms with E-state index in [1.807, 2.05) is 0 Å². The number of carbonyl (C=O) groups excluding carboxylic acids is 1. The lowest BCUT2D eigenvalue weighted by Crippen LogP contribution is -2.37. The van der Waals surface area contributed by atoms with Crippen LogP contribution in [-0.4, -0.2) is 31.6 Å². The Morgan fingerprint density at radius 2 is 1.81 bits per heavy atom. The van der Waals surface area contributed by atoms with Crippen LogP contribution >= 0.6 is 0 Å². The van der Waals surface area contributed by atoms with Crippen LogP contribution in [0.25, 0.3) is 0 Å². The molecule has 0 aliphatic rings. The zero-order valence-electron chi connectivity index (χ0n) is 14.2. The molecule has 8 nitrogen and oxygen atoms in total. The van der Waals surface area contributed by atoms with Crippen LogP contribution in [0.4, 0.5) is 5.69 Å². The summed E-state index contributed by atoms with van der Waals surface area (Å²) in [5.74, 6) is -0.0899. The number of hydrogen-bond donors (Lipinski definition) is 1. The lowest BCUT2D eigenvalue weighted by Gasteiger charge is -2.14. The highest BCUT2D eigenvalue weighted by Crippen LogP contribution is 2.21. The Kier molecular flexibility index (Phi) is 5.93. The van der Waals surface area contributed by atoms with Crippen molar-refractivity contribution in [2.24, 2.45) is 0 Å². The summed E-state index contributed by atoms with van der Waals surface area (Å²) in [7, 11) is -2.46. The molecule has 0 spiro atoms. The smallest absolute Gasteiger partial charge is 0.269 e.